The Labute approximate surface area is 235 Å². The molecule has 0 atom stereocenters. The van der Waals surface area contributed by atoms with Crippen molar-refractivity contribution in [1.82, 2.24) is 4.90 Å². The van der Waals surface area contributed by atoms with Crippen LogP contribution in [0.5, 0.6) is 11.5 Å². The average Bonchev–Trinajstić information content (AvgIpc) is 3.13. The fraction of sp³-hybridized carbons (Fsp3) is 0.148. The molecule has 0 unspecified atom stereocenters. The number of thioether (sulfide) groups is 1. The number of halogens is 2. The number of anilines is 1. The molecule has 0 aliphatic carbocycles. The Morgan fingerprint density at radius 2 is 1.73 bits per heavy atom. The molecular formula is C27H22Br2N2O5S. The summed E-state index contributed by atoms with van der Waals surface area (Å²) < 4.78 is 13.0. The lowest BCUT2D eigenvalue weighted by Crippen LogP contribution is -2.36. The summed E-state index contributed by atoms with van der Waals surface area (Å²) in [5.41, 5.74) is 2.29. The topological polar surface area (TPSA) is 84.9 Å². The van der Waals surface area contributed by atoms with Crippen molar-refractivity contribution in [3.63, 3.8) is 0 Å². The summed E-state index contributed by atoms with van der Waals surface area (Å²) in [4.78, 5) is 38.9. The highest BCUT2D eigenvalue weighted by Crippen LogP contribution is 2.34. The van der Waals surface area contributed by atoms with Crippen LogP contribution in [0.2, 0.25) is 0 Å². The van der Waals surface area contributed by atoms with Crippen LogP contribution in [0.25, 0.3) is 6.08 Å². The van der Waals surface area contributed by atoms with Gasteiger partial charge in [0.05, 0.1) is 16.0 Å². The number of nitrogens with one attached hydrogen (secondary N) is 1. The molecule has 3 aromatic carbocycles. The Morgan fingerprint density at radius 3 is 2.41 bits per heavy atom. The largest absolute Gasteiger partial charge is 0.494 e. The zero-order valence-corrected chi connectivity index (χ0v) is 23.7. The first-order chi connectivity index (χ1) is 17.8. The second kappa shape index (κ2) is 12.4. The van der Waals surface area contributed by atoms with Crippen LogP contribution < -0.4 is 14.8 Å². The standard InChI is InChI=1S/C27H22Br2N2O5S/c1-2-35-21-10-8-20(9-11-21)30-25(32)15-31-26(33)24(37-27(31)34)14-18-5-12-23(22(29)13-18)36-16-17-3-6-19(28)7-4-17/h3-14H,2,15-16H2,1H3,(H,30,32)/b24-14+. The minimum Gasteiger partial charge on any atom is -0.494 e. The van der Waals surface area contributed by atoms with Crippen LogP contribution in [0.1, 0.15) is 18.1 Å². The van der Waals surface area contributed by atoms with E-state index in [2.05, 4.69) is 37.2 Å². The van der Waals surface area contributed by atoms with E-state index in [4.69, 9.17) is 9.47 Å². The van der Waals surface area contributed by atoms with E-state index in [1.807, 2.05) is 37.3 Å². The Bertz CT molecular complexity index is 1340. The van der Waals surface area contributed by atoms with Gasteiger partial charge in [-0.15, -0.1) is 0 Å². The average molecular weight is 646 g/mol. The summed E-state index contributed by atoms with van der Waals surface area (Å²) >= 11 is 7.72. The molecule has 1 fully saturated rings. The second-order valence-corrected chi connectivity index (χ2v) is 10.6. The summed E-state index contributed by atoms with van der Waals surface area (Å²) in [6, 6.07) is 20.1. The second-order valence-electron chi connectivity index (χ2n) is 7.88. The first kappa shape index (κ1) is 27.0. The van der Waals surface area contributed by atoms with Crippen LogP contribution in [0.4, 0.5) is 10.5 Å². The summed E-state index contributed by atoms with van der Waals surface area (Å²) in [6.45, 7) is 2.46. The van der Waals surface area contributed by atoms with Crippen molar-refractivity contribution in [3.8, 4) is 11.5 Å². The van der Waals surface area contributed by atoms with Crippen molar-refractivity contribution in [1.29, 1.82) is 0 Å². The van der Waals surface area contributed by atoms with E-state index in [0.717, 1.165) is 26.7 Å². The van der Waals surface area contributed by atoms with Gasteiger partial charge in [0, 0.05) is 10.2 Å². The molecule has 4 rings (SSSR count). The molecule has 3 amide bonds. The van der Waals surface area contributed by atoms with Crippen molar-refractivity contribution in [2.75, 3.05) is 18.5 Å². The number of imide groups is 1. The fourth-order valence-corrected chi connectivity index (χ4v) is 5.01. The SMILES string of the molecule is CCOc1ccc(NC(=O)CN2C(=O)S/C(=C/c3ccc(OCc4ccc(Br)cc4)c(Br)c3)C2=O)cc1. The molecule has 1 aliphatic heterocycles. The number of amides is 3. The van der Waals surface area contributed by atoms with E-state index >= 15 is 0 Å². The minimum absolute atomic E-state index is 0.245. The van der Waals surface area contributed by atoms with Gasteiger partial charge in [0.1, 0.15) is 24.7 Å². The van der Waals surface area contributed by atoms with Crippen molar-refractivity contribution in [3.05, 3.63) is 91.7 Å². The van der Waals surface area contributed by atoms with Gasteiger partial charge in [-0.05, 0) is 100 Å². The maximum atomic E-state index is 12.8. The molecule has 1 aliphatic rings. The molecule has 0 saturated carbocycles. The zero-order chi connectivity index (χ0) is 26.4. The van der Waals surface area contributed by atoms with Crippen molar-refractivity contribution >= 4 is 72.4 Å². The highest BCUT2D eigenvalue weighted by molar-refractivity contribution is 9.10. The van der Waals surface area contributed by atoms with Gasteiger partial charge in [-0.2, -0.15) is 0 Å². The maximum absolute atomic E-state index is 12.8. The highest BCUT2D eigenvalue weighted by Gasteiger charge is 2.36. The Hall–Kier alpha value is -3.08. The monoisotopic (exact) mass is 644 g/mol. The van der Waals surface area contributed by atoms with Crippen molar-refractivity contribution < 1.29 is 23.9 Å². The molecule has 3 aromatic rings. The third kappa shape index (κ3) is 7.24. The van der Waals surface area contributed by atoms with E-state index in [1.165, 1.54) is 0 Å². The summed E-state index contributed by atoms with van der Waals surface area (Å²) in [7, 11) is 0. The number of carbonyl (C=O) groups is 3. The minimum atomic E-state index is -0.511. The van der Waals surface area contributed by atoms with Gasteiger partial charge in [-0.25, -0.2) is 0 Å². The fourth-order valence-electron chi connectivity index (χ4n) is 3.40. The third-order valence-corrected chi connectivity index (χ3v) is 7.24. The molecule has 1 saturated heterocycles. The van der Waals surface area contributed by atoms with Gasteiger partial charge in [-0.1, -0.05) is 34.1 Å². The highest BCUT2D eigenvalue weighted by atomic mass is 79.9. The number of carbonyl (C=O) groups excluding carboxylic acids is 3. The number of benzene rings is 3. The van der Waals surface area contributed by atoms with Crippen LogP contribution in [0, 0.1) is 0 Å². The molecule has 0 bridgehead atoms. The Kier molecular flexibility index (Phi) is 9.07. The van der Waals surface area contributed by atoms with Gasteiger partial charge < -0.3 is 14.8 Å². The van der Waals surface area contributed by atoms with E-state index in [9.17, 15) is 14.4 Å². The van der Waals surface area contributed by atoms with E-state index in [-0.39, 0.29) is 11.4 Å². The van der Waals surface area contributed by atoms with Gasteiger partial charge in [0.25, 0.3) is 11.1 Å². The van der Waals surface area contributed by atoms with Crippen LogP contribution in [-0.4, -0.2) is 35.1 Å². The van der Waals surface area contributed by atoms with E-state index < -0.39 is 17.1 Å². The van der Waals surface area contributed by atoms with Gasteiger partial charge in [0.2, 0.25) is 5.91 Å². The zero-order valence-electron chi connectivity index (χ0n) is 19.7. The Morgan fingerprint density at radius 1 is 1.00 bits per heavy atom. The summed E-state index contributed by atoms with van der Waals surface area (Å²) in [5, 5.41) is 2.20. The lowest BCUT2D eigenvalue weighted by atomic mass is 10.2. The van der Waals surface area contributed by atoms with E-state index in [1.54, 1.807) is 42.5 Å². The normalized spacial score (nSPS) is 14.2. The molecule has 0 radical (unpaired) electrons. The number of hydrogen-bond acceptors (Lipinski definition) is 6. The van der Waals surface area contributed by atoms with Gasteiger partial charge in [0.15, 0.2) is 0 Å². The molecule has 1 heterocycles. The van der Waals surface area contributed by atoms with Gasteiger partial charge >= 0.3 is 0 Å². The molecule has 190 valence electrons. The maximum Gasteiger partial charge on any atom is 0.294 e. The molecule has 0 aromatic heterocycles. The number of rotatable bonds is 9. The number of nitrogens with zero attached hydrogens (tertiary/aromatic N) is 1. The van der Waals surface area contributed by atoms with Crippen LogP contribution in [-0.2, 0) is 16.2 Å². The predicted molar refractivity (Wildman–Crippen MR) is 152 cm³/mol. The van der Waals surface area contributed by atoms with Crippen LogP contribution in [0.3, 0.4) is 0 Å². The number of hydrogen-bond donors (Lipinski definition) is 1. The molecule has 7 nitrogen and oxygen atoms in total. The lowest BCUT2D eigenvalue weighted by molar-refractivity contribution is -0.127. The number of ether oxygens (including phenoxy) is 2. The predicted octanol–water partition coefficient (Wildman–Crippen LogP) is 6.86. The van der Waals surface area contributed by atoms with Crippen LogP contribution in [0.15, 0.2) is 80.6 Å². The quantitative estimate of drug-likeness (QED) is 0.256. The third-order valence-electron chi connectivity index (χ3n) is 5.19. The smallest absolute Gasteiger partial charge is 0.294 e. The van der Waals surface area contributed by atoms with E-state index in [0.29, 0.717) is 40.4 Å². The molecule has 1 N–H and O–H groups in total. The van der Waals surface area contributed by atoms with Crippen molar-refractivity contribution in [2.24, 2.45) is 0 Å². The molecule has 37 heavy (non-hydrogen) atoms. The first-order valence-electron chi connectivity index (χ1n) is 11.3. The van der Waals surface area contributed by atoms with Crippen molar-refractivity contribution in [2.45, 2.75) is 13.5 Å². The van der Waals surface area contributed by atoms with Gasteiger partial charge in [-0.3, -0.25) is 19.3 Å². The lowest BCUT2D eigenvalue weighted by Gasteiger charge is -2.13. The molecule has 0 spiro atoms. The molecular weight excluding hydrogens is 624 g/mol. The van der Waals surface area contributed by atoms with Crippen LogP contribution >= 0.6 is 43.6 Å². The summed E-state index contributed by atoms with van der Waals surface area (Å²) in [6.07, 6.45) is 1.62. The molecule has 10 heteroatoms. The summed E-state index contributed by atoms with van der Waals surface area (Å²) in [5.74, 6) is 0.359. The Balaban J connectivity index is 1.36. The first-order valence-corrected chi connectivity index (χ1v) is 13.7.